The van der Waals surface area contributed by atoms with E-state index in [-0.39, 0.29) is 12.2 Å². The van der Waals surface area contributed by atoms with Crippen LogP contribution in [-0.4, -0.2) is 32.7 Å². The second-order valence-electron chi connectivity index (χ2n) is 5.66. The van der Waals surface area contributed by atoms with Gasteiger partial charge in [0.2, 0.25) is 0 Å². The van der Waals surface area contributed by atoms with Crippen molar-refractivity contribution in [3.05, 3.63) is 56.7 Å². The number of hydrogen-bond acceptors (Lipinski definition) is 6. The number of esters is 1. The quantitative estimate of drug-likeness (QED) is 0.264. The molecule has 0 bridgehead atoms. The van der Waals surface area contributed by atoms with Crippen molar-refractivity contribution in [1.29, 1.82) is 5.26 Å². The van der Waals surface area contributed by atoms with Gasteiger partial charge in [-0.1, -0.05) is 0 Å². The third-order valence-electron chi connectivity index (χ3n) is 3.79. The van der Waals surface area contributed by atoms with Crippen LogP contribution in [0.3, 0.4) is 0 Å². The summed E-state index contributed by atoms with van der Waals surface area (Å²) in [6.45, 7) is 2.00. The lowest BCUT2D eigenvalue weighted by Gasteiger charge is -2.11. The van der Waals surface area contributed by atoms with Gasteiger partial charge in [0.15, 0.2) is 11.5 Å². The summed E-state index contributed by atoms with van der Waals surface area (Å²) in [6.07, 6.45) is 1.46. The summed E-state index contributed by atoms with van der Waals surface area (Å²) in [5.74, 6) is 0.0695. The minimum Gasteiger partial charge on any atom is -0.493 e. The van der Waals surface area contributed by atoms with Crippen LogP contribution in [0.15, 0.2) is 42.0 Å². The predicted molar refractivity (Wildman–Crippen MR) is 117 cm³/mol. The average molecular weight is 506 g/mol. The minimum atomic E-state index is -0.568. The highest BCUT2D eigenvalue weighted by atomic mass is 127. The molecule has 0 aliphatic rings. The Morgan fingerprint density at radius 1 is 1.17 bits per heavy atom. The Hall–Kier alpha value is -3.06. The van der Waals surface area contributed by atoms with E-state index in [2.05, 4.69) is 27.9 Å². The van der Waals surface area contributed by atoms with E-state index in [0.717, 1.165) is 3.57 Å². The molecule has 0 spiro atoms. The summed E-state index contributed by atoms with van der Waals surface area (Å²) >= 11 is 2.09. The molecule has 1 N–H and O–H groups in total. The van der Waals surface area contributed by atoms with E-state index in [9.17, 15) is 14.9 Å². The molecule has 0 heterocycles. The lowest BCUT2D eigenvalue weighted by molar-refractivity contribution is -0.112. The van der Waals surface area contributed by atoms with Crippen LogP contribution in [0.1, 0.15) is 22.8 Å². The monoisotopic (exact) mass is 506 g/mol. The summed E-state index contributed by atoms with van der Waals surface area (Å²) in [6, 6.07) is 11.6. The van der Waals surface area contributed by atoms with Crippen molar-refractivity contribution in [1.82, 2.24) is 0 Å². The van der Waals surface area contributed by atoms with E-state index in [1.807, 2.05) is 6.07 Å². The van der Waals surface area contributed by atoms with Gasteiger partial charge in [0, 0.05) is 5.69 Å². The van der Waals surface area contributed by atoms with Gasteiger partial charge in [-0.3, -0.25) is 4.79 Å². The molecule has 0 saturated heterocycles. The Morgan fingerprint density at radius 3 is 2.41 bits per heavy atom. The van der Waals surface area contributed by atoms with Crippen LogP contribution in [0.2, 0.25) is 0 Å². The first-order chi connectivity index (χ1) is 13.9. The largest absolute Gasteiger partial charge is 0.493 e. The molecule has 150 valence electrons. The van der Waals surface area contributed by atoms with Crippen molar-refractivity contribution in [2.75, 3.05) is 26.1 Å². The van der Waals surface area contributed by atoms with Crippen LogP contribution in [0.5, 0.6) is 11.5 Å². The Morgan fingerprint density at radius 2 is 1.86 bits per heavy atom. The maximum Gasteiger partial charge on any atom is 0.338 e. The molecule has 8 heteroatoms. The van der Waals surface area contributed by atoms with Crippen molar-refractivity contribution in [3.8, 4) is 17.6 Å². The van der Waals surface area contributed by atoms with Crippen molar-refractivity contribution < 1.29 is 23.8 Å². The number of ether oxygens (including phenoxy) is 3. The Kier molecular flexibility index (Phi) is 8.03. The number of halogens is 1. The minimum absolute atomic E-state index is 0.0810. The van der Waals surface area contributed by atoms with Gasteiger partial charge in [-0.15, -0.1) is 0 Å². The number of hydrogen-bond donors (Lipinski definition) is 1. The summed E-state index contributed by atoms with van der Waals surface area (Å²) in [5.41, 5.74) is 1.37. The Labute approximate surface area is 182 Å². The Bertz CT molecular complexity index is 978. The van der Waals surface area contributed by atoms with Crippen molar-refractivity contribution in [2.45, 2.75) is 6.92 Å². The van der Waals surface area contributed by atoms with Crippen molar-refractivity contribution in [3.63, 3.8) is 0 Å². The fourth-order valence-electron chi connectivity index (χ4n) is 2.44. The van der Waals surface area contributed by atoms with Gasteiger partial charge < -0.3 is 19.5 Å². The van der Waals surface area contributed by atoms with Crippen LogP contribution in [0, 0.1) is 14.9 Å². The van der Waals surface area contributed by atoms with E-state index in [1.54, 1.807) is 43.3 Å². The fraction of sp³-hybridized carbons (Fsp3) is 0.190. The second kappa shape index (κ2) is 10.5. The summed E-state index contributed by atoms with van der Waals surface area (Å²) in [5, 5.41) is 12.0. The number of nitrogens with zero attached hydrogens (tertiary/aromatic N) is 1. The summed E-state index contributed by atoms with van der Waals surface area (Å²) in [4.78, 5) is 24.2. The Balaban J connectivity index is 2.22. The van der Waals surface area contributed by atoms with Crippen molar-refractivity contribution >= 4 is 46.2 Å². The normalized spacial score (nSPS) is 10.7. The molecule has 2 aromatic rings. The average Bonchev–Trinajstić information content (AvgIpc) is 2.72. The molecule has 0 radical (unpaired) electrons. The number of benzene rings is 2. The number of amides is 1. The van der Waals surface area contributed by atoms with E-state index in [0.29, 0.717) is 28.3 Å². The highest BCUT2D eigenvalue weighted by Crippen LogP contribution is 2.34. The number of carbonyl (C=O) groups excluding carboxylic acids is 2. The summed E-state index contributed by atoms with van der Waals surface area (Å²) in [7, 11) is 3.05. The summed E-state index contributed by atoms with van der Waals surface area (Å²) < 4.78 is 16.3. The molecule has 2 aromatic carbocycles. The number of nitriles is 1. The zero-order valence-electron chi connectivity index (χ0n) is 16.1. The van der Waals surface area contributed by atoms with Gasteiger partial charge in [-0.25, -0.2) is 4.79 Å². The molecule has 0 aromatic heterocycles. The number of nitrogens with one attached hydrogen (secondary N) is 1. The van der Waals surface area contributed by atoms with Gasteiger partial charge >= 0.3 is 5.97 Å². The molecule has 2 rings (SSSR count). The first kappa shape index (κ1) is 22.2. The van der Waals surface area contributed by atoms with Crippen molar-refractivity contribution in [2.24, 2.45) is 0 Å². The van der Waals surface area contributed by atoms with E-state index < -0.39 is 11.9 Å². The fourth-order valence-corrected chi connectivity index (χ4v) is 3.28. The molecular weight excluding hydrogens is 487 g/mol. The van der Waals surface area contributed by atoms with Crippen LogP contribution in [0.4, 0.5) is 5.69 Å². The highest BCUT2D eigenvalue weighted by Gasteiger charge is 2.14. The number of anilines is 1. The second-order valence-corrected chi connectivity index (χ2v) is 6.82. The number of methoxy groups -OCH3 is 2. The zero-order valence-corrected chi connectivity index (χ0v) is 18.3. The topological polar surface area (TPSA) is 97.7 Å². The molecule has 0 atom stereocenters. The van der Waals surface area contributed by atoms with Crippen LogP contribution < -0.4 is 14.8 Å². The van der Waals surface area contributed by atoms with Crippen LogP contribution in [-0.2, 0) is 9.53 Å². The maximum absolute atomic E-state index is 12.5. The molecule has 0 saturated carbocycles. The van der Waals surface area contributed by atoms with Crippen LogP contribution in [0.25, 0.3) is 6.08 Å². The van der Waals surface area contributed by atoms with Gasteiger partial charge in [0.1, 0.15) is 11.6 Å². The smallest absolute Gasteiger partial charge is 0.338 e. The van der Waals surface area contributed by atoms with E-state index >= 15 is 0 Å². The van der Waals surface area contributed by atoms with Gasteiger partial charge in [0.05, 0.1) is 30.0 Å². The first-order valence-corrected chi connectivity index (χ1v) is 9.63. The molecule has 1 amide bonds. The first-order valence-electron chi connectivity index (χ1n) is 8.55. The van der Waals surface area contributed by atoms with Gasteiger partial charge in [-0.2, -0.15) is 5.26 Å². The molecule has 0 unspecified atom stereocenters. The SMILES string of the molecule is CCOC(=O)c1ccc(NC(=O)/C(C#N)=C/c2cc(I)c(OC)c(OC)c2)cc1. The third kappa shape index (κ3) is 5.71. The number of rotatable bonds is 7. The molecule has 0 fully saturated rings. The standard InChI is InChI=1S/C21H19IN2O5/c1-4-29-21(26)14-5-7-16(8-6-14)24-20(25)15(12-23)9-13-10-17(22)19(28-3)18(11-13)27-2/h5-11H,4H2,1-3H3,(H,24,25)/b15-9+. The molecule has 29 heavy (non-hydrogen) atoms. The molecular formula is C21H19IN2O5. The molecule has 7 nitrogen and oxygen atoms in total. The van der Waals surface area contributed by atoms with Crippen LogP contribution >= 0.6 is 22.6 Å². The molecule has 0 aliphatic heterocycles. The van der Waals surface area contributed by atoms with Gasteiger partial charge in [-0.05, 0) is 77.6 Å². The van der Waals surface area contributed by atoms with E-state index in [1.165, 1.54) is 20.3 Å². The van der Waals surface area contributed by atoms with E-state index in [4.69, 9.17) is 14.2 Å². The lowest BCUT2D eigenvalue weighted by Crippen LogP contribution is -2.13. The zero-order chi connectivity index (χ0) is 21.4. The predicted octanol–water partition coefficient (Wildman–Crippen LogP) is 4.03. The lowest BCUT2D eigenvalue weighted by atomic mass is 10.1. The highest BCUT2D eigenvalue weighted by molar-refractivity contribution is 14.1. The maximum atomic E-state index is 12.5. The van der Waals surface area contributed by atoms with Gasteiger partial charge in [0.25, 0.3) is 5.91 Å². The third-order valence-corrected chi connectivity index (χ3v) is 4.59. The molecule has 0 aliphatic carbocycles. The number of carbonyl (C=O) groups is 2.